The summed E-state index contributed by atoms with van der Waals surface area (Å²) in [6.45, 7) is 2.01. The predicted molar refractivity (Wildman–Crippen MR) is 69.0 cm³/mol. The number of fused-ring (bicyclic) bond motifs is 1. The molecule has 0 aliphatic heterocycles. The Morgan fingerprint density at radius 3 is 3.00 bits per heavy atom. The number of halogens is 1. The number of hydrogen-bond donors (Lipinski definition) is 0. The molecule has 0 saturated carbocycles. The number of hydrogen-bond acceptors (Lipinski definition) is 2. The highest BCUT2D eigenvalue weighted by Gasteiger charge is 2.23. The van der Waals surface area contributed by atoms with Gasteiger partial charge in [0.25, 0.3) is 0 Å². The van der Waals surface area contributed by atoms with E-state index in [4.69, 9.17) is 5.26 Å². The number of rotatable bonds is 1. The van der Waals surface area contributed by atoms with Crippen LogP contribution in [0.2, 0.25) is 0 Å². The summed E-state index contributed by atoms with van der Waals surface area (Å²) in [4.78, 5) is 0. The van der Waals surface area contributed by atoms with Crippen LogP contribution in [-0.4, -0.2) is 0 Å². The van der Waals surface area contributed by atoms with Gasteiger partial charge in [-0.25, -0.2) is 4.39 Å². The smallest absolute Gasteiger partial charge is 0.133 e. The van der Waals surface area contributed by atoms with E-state index in [1.807, 2.05) is 13.0 Å². The lowest BCUT2D eigenvalue weighted by atomic mass is 10.0. The van der Waals surface area contributed by atoms with Gasteiger partial charge in [-0.05, 0) is 55.1 Å². The van der Waals surface area contributed by atoms with Crippen LogP contribution in [0.1, 0.15) is 36.1 Å². The van der Waals surface area contributed by atoms with Crippen molar-refractivity contribution in [3.8, 4) is 5.40 Å². The van der Waals surface area contributed by atoms with Crippen LogP contribution >= 0.6 is 11.8 Å². The molecule has 1 aromatic carbocycles. The molecule has 0 saturated heterocycles. The van der Waals surface area contributed by atoms with Gasteiger partial charge in [0.1, 0.15) is 11.2 Å². The summed E-state index contributed by atoms with van der Waals surface area (Å²) in [5.41, 5.74) is 3.10. The Balaban J connectivity index is 2.45. The maximum Gasteiger partial charge on any atom is 0.133 e. The fourth-order valence-electron chi connectivity index (χ4n) is 2.31. The molecule has 1 aliphatic carbocycles. The largest absolute Gasteiger partial charge is 0.207 e. The molecule has 1 aromatic rings. The van der Waals surface area contributed by atoms with Gasteiger partial charge in [-0.2, -0.15) is 5.26 Å². The van der Waals surface area contributed by atoms with Gasteiger partial charge < -0.3 is 0 Å². The fourth-order valence-corrected chi connectivity index (χ4v) is 3.08. The first kappa shape index (κ1) is 12.2. The average molecular weight is 247 g/mol. The number of nitriles is 1. The highest BCUT2D eigenvalue weighted by Crippen LogP contribution is 2.40. The normalized spacial score (nSPS) is 21.7. The second-order valence-corrected chi connectivity index (χ2v) is 5.14. The summed E-state index contributed by atoms with van der Waals surface area (Å²) in [6.07, 6.45) is 4.58. The third-order valence-electron chi connectivity index (χ3n) is 3.25. The van der Waals surface area contributed by atoms with Crippen LogP contribution < -0.4 is 0 Å². The minimum Gasteiger partial charge on any atom is -0.207 e. The summed E-state index contributed by atoms with van der Waals surface area (Å²) < 4.78 is 13.8. The Morgan fingerprint density at radius 1 is 1.47 bits per heavy atom. The average Bonchev–Trinajstić information content (AvgIpc) is 2.51. The van der Waals surface area contributed by atoms with Crippen LogP contribution in [0.25, 0.3) is 0 Å². The Hall–Kier alpha value is -1.27. The van der Waals surface area contributed by atoms with Crippen molar-refractivity contribution in [1.29, 1.82) is 5.26 Å². The number of nitrogens with zero attached hydrogens (tertiary/aromatic N) is 1. The molecule has 17 heavy (non-hydrogen) atoms. The van der Waals surface area contributed by atoms with Gasteiger partial charge in [0.2, 0.25) is 0 Å². The first-order valence-electron chi connectivity index (χ1n) is 5.72. The number of thiocyanates is 1. The molecule has 2 rings (SSSR count). The van der Waals surface area contributed by atoms with Gasteiger partial charge >= 0.3 is 0 Å². The van der Waals surface area contributed by atoms with E-state index in [0.717, 1.165) is 30.4 Å². The van der Waals surface area contributed by atoms with E-state index in [9.17, 15) is 4.39 Å². The molecular formula is C14H14FNS. The van der Waals surface area contributed by atoms with Gasteiger partial charge in [0, 0.05) is 5.25 Å². The van der Waals surface area contributed by atoms with E-state index in [1.54, 1.807) is 6.07 Å². The highest BCUT2D eigenvalue weighted by atomic mass is 32.2. The number of thioether (sulfide) groups is 1. The van der Waals surface area contributed by atoms with Crippen molar-refractivity contribution < 1.29 is 4.39 Å². The molecule has 0 radical (unpaired) electrons. The summed E-state index contributed by atoms with van der Waals surface area (Å²) in [7, 11) is 0. The lowest BCUT2D eigenvalue weighted by Gasteiger charge is -2.14. The Kier molecular flexibility index (Phi) is 3.86. The fraction of sp³-hybridized carbons (Fsp3) is 0.357. The molecule has 1 nitrogen and oxygen atoms in total. The molecule has 0 bridgehead atoms. The minimum absolute atomic E-state index is 0.0689. The van der Waals surface area contributed by atoms with Gasteiger partial charge in [-0.1, -0.05) is 23.8 Å². The summed E-state index contributed by atoms with van der Waals surface area (Å²) in [5.74, 6) is -0.136. The lowest BCUT2D eigenvalue weighted by molar-refractivity contribution is 0.607. The molecule has 0 heterocycles. The number of benzene rings is 1. The van der Waals surface area contributed by atoms with E-state index in [-0.39, 0.29) is 11.1 Å². The van der Waals surface area contributed by atoms with Crippen molar-refractivity contribution in [2.24, 2.45) is 0 Å². The van der Waals surface area contributed by atoms with E-state index < -0.39 is 0 Å². The zero-order chi connectivity index (χ0) is 12.3. The van der Waals surface area contributed by atoms with Crippen LogP contribution in [0.5, 0.6) is 0 Å². The van der Waals surface area contributed by atoms with Gasteiger partial charge in [0.15, 0.2) is 0 Å². The van der Waals surface area contributed by atoms with Crippen molar-refractivity contribution in [2.45, 2.75) is 31.4 Å². The molecular weight excluding hydrogens is 233 g/mol. The van der Waals surface area contributed by atoms with Crippen LogP contribution in [0.15, 0.2) is 29.8 Å². The molecule has 0 N–H and O–H groups in total. The van der Waals surface area contributed by atoms with E-state index >= 15 is 0 Å². The van der Waals surface area contributed by atoms with Crippen molar-refractivity contribution >= 4 is 11.8 Å². The van der Waals surface area contributed by atoms with Crippen molar-refractivity contribution in [1.82, 2.24) is 0 Å². The standard InChI is InChI=1S/C14H14FNS/c1-2-10-6-7-11-12(4-3-5-13(11)15)14(8-10)17-9-16/h2-5,14H,6-8H2,1H3/b10-2-. The highest BCUT2D eigenvalue weighted by molar-refractivity contribution is 8.03. The first-order chi connectivity index (χ1) is 8.26. The Labute approximate surface area is 105 Å². The zero-order valence-electron chi connectivity index (χ0n) is 9.74. The third-order valence-corrected chi connectivity index (χ3v) is 4.06. The second kappa shape index (κ2) is 5.37. The van der Waals surface area contributed by atoms with Gasteiger partial charge in [-0.15, -0.1) is 0 Å². The molecule has 1 atom stereocenters. The van der Waals surface area contributed by atoms with E-state index in [0.29, 0.717) is 0 Å². The summed E-state index contributed by atoms with van der Waals surface area (Å²) >= 11 is 1.23. The van der Waals surface area contributed by atoms with E-state index in [2.05, 4.69) is 11.5 Å². The molecule has 0 amide bonds. The minimum atomic E-state index is -0.136. The molecule has 1 aliphatic rings. The first-order valence-corrected chi connectivity index (χ1v) is 6.60. The van der Waals surface area contributed by atoms with Crippen molar-refractivity contribution in [2.75, 3.05) is 0 Å². The van der Waals surface area contributed by atoms with Crippen LogP contribution in [-0.2, 0) is 6.42 Å². The third kappa shape index (κ3) is 2.53. The van der Waals surface area contributed by atoms with Crippen molar-refractivity contribution in [3.05, 3.63) is 46.8 Å². The van der Waals surface area contributed by atoms with Gasteiger partial charge in [0.05, 0.1) is 0 Å². The van der Waals surface area contributed by atoms with Crippen LogP contribution in [0, 0.1) is 16.5 Å². The van der Waals surface area contributed by atoms with Crippen LogP contribution in [0.4, 0.5) is 4.39 Å². The summed E-state index contributed by atoms with van der Waals surface area (Å²) in [5, 5.41) is 11.1. The second-order valence-electron chi connectivity index (χ2n) is 4.16. The SMILES string of the molecule is C/C=C1/CCc2c(F)cccc2C(SC#N)C1. The number of allylic oxidation sites excluding steroid dienone is 2. The molecule has 1 unspecified atom stereocenters. The Morgan fingerprint density at radius 2 is 2.29 bits per heavy atom. The molecule has 88 valence electrons. The summed E-state index contributed by atoms with van der Waals surface area (Å²) in [6, 6.07) is 5.19. The maximum absolute atomic E-state index is 13.8. The Bertz CT molecular complexity index is 487. The zero-order valence-corrected chi connectivity index (χ0v) is 10.6. The molecule has 3 heteroatoms. The lowest BCUT2D eigenvalue weighted by Crippen LogP contribution is -1.98. The molecule has 0 aromatic heterocycles. The maximum atomic E-state index is 13.8. The van der Waals surface area contributed by atoms with Crippen molar-refractivity contribution in [3.63, 3.8) is 0 Å². The predicted octanol–water partition coefficient (Wildman–Crippen LogP) is 4.36. The quantitative estimate of drug-likeness (QED) is 0.418. The molecule has 0 spiro atoms. The molecule has 0 fully saturated rings. The monoisotopic (exact) mass is 247 g/mol. The van der Waals surface area contributed by atoms with Gasteiger partial charge in [-0.3, -0.25) is 0 Å². The van der Waals surface area contributed by atoms with E-state index in [1.165, 1.54) is 23.4 Å². The topological polar surface area (TPSA) is 23.8 Å². The van der Waals surface area contributed by atoms with Crippen LogP contribution in [0.3, 0.4) is 0 Å².